The highest BCUT2D eigenvalue weighted by molar-refractivity contribution is 6.29. The van der Waals surface area contributed by atoms with Gasteiger partial charge in [0.15, 0.2) is 5.82 Å². The summed E-state index contributed by atoms with van der Waals surface area (Å²) in [6.07, 6.45) is 5.86. The number of halogens is 2. The molecule has 1 saturated carbocycles. The first kappa shape index (κ1) is 34.5. The molecule has 5 atom stereocenters. The van der Waals surface area contributed by atoms with Gasteiger partial charge in [-0.2, -0.15) is 0 Å². The summed E-state index contributed by atoms with van der Waals surface area (Å²) in [6.45, 7) is 3.03. The van der Waals surface area contributed by atoms with Gasteiger partial charge in [0.25, 0.3) is 11.8 Å². The van der Waals surface area contributed by atoms with E-state index in [-0.39, 0.29) is 35.3 Å². The van der Waals surface area contributed by atoms with Gasteiger partial charge in [0.05, 0.1) is 35.8 Å². The van der Waals surface area contributed by atoms with Crippen LogP contribution in [0, 0.1) is 5.92 Å². The number of methoxy groups -OCH3 is 1. The van der Waals surface area contributed by atoms with Crippen LogP contribution in [-0.2, 0) is 24.1 Å². The Bertz CT molecular complexity index is 2200. The van der Waals surface area contributed by atoms with Crippen LogP contribution in [0.15, 0.2) is 48.5 Å². The highest BCUT2D eigenvalue weighted by atomic mass is 35.5. The van der Waals surface area contributed by atoms with Crippen molar-refractivity contribution >= 4 is 45.5 Å². The zero-order chi connectivity index (χ0) is 36.3. The van der Waals surface area contributed by atoms with Crippen LogP contribution in [-0.4, -0.2) is 66.5 Å². The van der Waals surface area contributed by atoms with E-state index in [1.54, 1.807) is 26.2 Å². The minimum absolute atomic E-state index is 0.00336. The average Bonchev–Trinajstić information content (AvgIpc) is 3.83. The van der Waals surface area contributed by atoms with Gasteiger partial charge in [0.1, 0.15) is 22.1 Å². The summed E-state index contributed by atoms with van der Waals surface area (Å²) in [6, 6.07) is 13.9. The molecule has 8 rings (SSSR count). The molecule has 52 heavy (non-hydrogen) atoms. The van der Waals surface area contributed by atoms with Crippen LogP contribution in [0.4, 0.5) is 4.39 Å². The molecule has 0 spiro atoms. The molecule has 2 fully saturated rings. The number of nitrogens with zero attached hydrogens (tertiary/aromatic N) is 6. The zero-order valence-electron chi connectivity index (χ0n) is 29.7. The number of pyridine rings is 2. The smallest absolute Gasteiger partial charge is 0.264 e. The van der Waals surface area contributed by atoms with Crippen molar-refractivity contribution in [3.63, 3.8) is 0 Å². The zero-order valence-corrected chi connectivity index (χ0v) is 30.5. The van der Waals surface area contributed by atoms with Crippen LogP contribution >= 0.6 is 11.6 Å². The Morgan fingerprint density at radius 1 is 1.08 bits per heavy atom. The van der Waals surface area contributed by atoms with Crippen LogP contribution in [0.2, 0.25) is 5.15 Å². The fourth-order valence-electron chi connectivity index (χ4n) is 8.58. The van der Waals surface area contributed by atoms with Crippen LogP contribution in [0.25, 0.3) is 33.6 Å². The Balaban J connectivity index is 1.16. The number of aryl methyl sites for hydroxylation is 2. The monoisotopic (exact) mass is 726 g/mol. The molecule has 1 saturated heterocycles. The number of alkyl halides is 1. The van der Waals surface area contributed by atoms with Crippen molar-refractivity contribution in [2.45, 2.75) is 88.6 Å². The van der Waals surface area contributed by atoms with E-state index in [1.807, 2.05) is 40.8 Å². The quantitative estimate of drug-likeness (QED) is 0.199. The lowest BCUT2D eigenvalue weighted by Gasteiger charge is -2.37. The van der Waals surface area contributed by atoms with E-state index in [0.717, 1.165) is 66.6 Å². The Labute approximate surface area is 306 Å². The van der Waals surface area contributed by atoms with Crippen LogP contribution in [0.1, 0.15) is 86.1 Å². The molecule has 6 heterocycles. The number of imidazole rings is 1. The first-order valence-electron chi connectivity index (χ1n) is 18.3. The summed E-state index contributed by atoms with van der Waals surface area (Å²) >= 11 is 6.11. The minimum Gasteiger partial charge on any atom is -0.494 e. The maximum Gasteiger partial charge on any atom is 0.264 e. The van der Waals surface area contributed by atoms with Gasteiger partial charge in [-0.25, -0.2) is 19.3 Å². The van der Waals surface area contributed by atoms with E-state index in [2.05, 4.69) is 20.9 Å². The van der Waals surface area contributed by atoms with E-state index in [0.29, 0.717) is 48.0 Å². The van der Waals surface area contributed by atoms with Gasteiger partial charge >= 0.3 is 0 Å². The highest BCUT2D eigenvalue weighted by Crippen LogP contribution is 2.39. The Morgan fingerprint density at radius 3 is 2.71 bits per heavy atom. The summed E-state index contributed by atoms with van der Waals surface area (Å²) in [5, 5.41) is 3.93. The molecule has 11 nitrogen and oxygen atoms in total. The van der Waals surface area contributed by atoms with Crippen molar-refractivity contribution in [1.29, 1.82) is 0 Å². The lowest BCUT2D eigenvalue weighted by atomic mass is 9.92. The van der Waals surface area contributed by atoms with E-state index < -0.39 is 17.6 Å². The van der Waals surface area contributed by atoms with Gasteiger partial charge in [-0.15, -0.1) is 0 Å². The molecule has 3 aliphatic rings. The number of amides is 2. The molecular weight excluding hydrogens is 683 g/mol. The average molecular weight is 727 g/mol. The Hall–Kier alpha value is -4.55. The molecular formula is C39H44ClFN8O3. The second kappa shape index (κ2) is 13.5. The van der Waals surface area contributed by atoms with Crippen molar-refractivity contribution in [3.05, 3.63) is 70.6 Å². The number of likely N-dealkylation sites (tertiary alicyclic amines) is 1. The van der Waals surface area contributed by atoms with Gasteiger partial charge in [0.2, 0.25) is 5.67 Å². The molecule has 1 aromatic carbocycles. The van der Waals surface area contributed by atoms with Crippen molar-refractivity contribution in [1.82, 2.24) is 34.3 Å². The van der Waals surface area contributed by atoms with E-state index >= 15 is 4.39 Å². The largest absolute Gasteiger partial charge is 0.494 e. The molecule has 2 aliphatic heterocycles. The molecule has 4 aromatic heterocycles. The van der Waals surface area contributed by atoms with Crippen molar-refractivity contribution < 1.29 is 18.7 Å². The van der Waals surface area contributed by atoms with Crippen LogP contribution in [0.5, 0.6) is 5.75 Å². The standard InChI is InChI=1S/C39H44ClFN8O3/c1-22-28-14-12-24-19-30(48(35(24)44-28)16-7-5-4-6-15-39(41,38(51)43-22)32-9-8-10-33(40)46-32)36-45-29-18-25(20-31(52-3)34(29)47(36)2)37(50)49-21-27(42)23-11-13-26(49)17-23/h8-10,12,14,18-20,22-23,26-27H,4-7,11,13,15-17,21,42H2,1-3H3,(H,43,51)/t22-,23-,26+,27+,39+/m1/s1. The highest BCUT2D eigenvalue weighted by Gasteiger charge is 2.43. The number of carbonyl (C=O) groups excluding carboxylic acids is 2. The Kier molecular flexibility index (Phi) is 8.93. The number of nitrogens with two attached hydrogens (primary N) is 1. The summed E-state index contributed by atoms with van der Waals surface area (Å²) < 4.78 is 26.7. The molecule has 0 radical (unpaired) electrons. The number of ether oxygens (including phenoxy) is 1. The number of nitrogens with one attached hydrogen (secondary N) is 1. The fraction of sp³-hybridized carbons (Fsp3) is 0.462. The summed E-state index contributed by atoms with van der Waals surface area (Å²) in [5.74, 6) is 0.989. The van der Waals surface area contributed by atoms with Crippen LogP contribution < -0.4 is 15.8 Å². The molecule has 1 aliphatic carbocycles. The fourth-order valence-corrected chi connectivity index (χ4v) is 8.74. The van der Waals surface area contributed by atoms with E-state index in [1.165, 1.54) is 6.07 Å². The molecule has 4 bridgehead atoms. The molecule has 5 aromatic rings. The number of hydrogen-bond acceptors (Lipinski definition) is 7. The third-order valence-corrected chi connectivity index (χ3v) is 11.7. The number of piperidine rings is 1. The number of benzene rings is 1. The lowest BCUT2D eigenvalue weighted by Crippen LogP contribution is -2.51. The number of aromatic nitrogens is 5. The third-order valence-electron chi connectivity index (χ3n) is 11.5. The molecule has 3 N–H and O–H groups in total. The SMILES string of the molecule is COc1cc(C(=O)N2C[C@H](N)[C@@H]3CC[C@H]2C3)cc2nc(-c3cc4ccc5nc4n3CCCCCC[C@](F)(c3cccc(Cl)n3)C(=O)N[C@@H]5C)n(C)c12. The first-order chi connectivity index (χ1) is 25.0. The number of carbonyl (C=O) groups is 2. The van der Waals surface area contributed by atoms with Gasteiger partial charge in [-0.05, 0) is 93.8 Å². The maximum atomic E-state index is 16.6. The van der Waals surface area contributed by atoms with Crippen molar-refractivity contribution in [2.75, 3.05) is 13.7 Å². The normalized spacial score (nSPS) is 25.4. The third kappa shape index (κ3) is 5.89. The molecule has 13 heteroatoms. The van der Waals surface area contributed by atoms with Crippen molar-refractivity contribution in [3.8, 4) is 17.3 Å². The maximum absolute atomic E-state index is 16.6. The van der Waals surface area contributed by atoms with Gasteiger partial charge in [0, 0.05) is 43.2 Å². The van der Waals surface area contributed by atoms with Crippen LogP contribution in [0.3, 0.4) is 0 Å². The minimum atomic E-state index is -2.33. The predicted octanol–water partition coefficient (Wildman–Crippen LogP) is 6.61. The van der Waals surface area contributed by atoms with E-state index in [9.17, 15) is 9.59 Å². The molecule has 0 unspecified atom stereocenters. The summed E-state index contributed by atoms with van der Waals surface area (Å²) in [5.41, 5.74) is 8.37. The number of hydrogen-bond donors (Lipinski definition) is 2. The Morgan fingerprint density at radius 2 is 1.90 bits per heavy atom. The second-order valence-electron chi connectivity index (χ2n) is 14.7. The first-order valence-corrected chi connectivity index (χ1v) is 18.7. The predicted molar refractivity (Wildman–Crippen MR) is 198 cm³/mol. The topological polar surface area (TPSA) is 133 Å². The second-order valence-corrected chi connectivity index (χ2v) is 15.1. The number of rotatable bonds is 4. The molecule has 272 valence electrons. The number of fused-ring (bicyclic) bond motifs is 4. The lowest BCUT2D eigenvalue weighted by molar-refractivity contribution is -0.135. The van der Waals surface area contributed by atoms with Gasteiger partial charge in [-0.1, -0.05) is 30.5 Å². The molecule has 2 amide bonds. The summed E-state index contributed by atoms with van der Waals surface area (Å²) in [4.78, 5) is 43.8. The van der Waals surface area contributed by atoms with Gasteiger partial charge in [-0.3, -0.25) is 9.59 Å². The summed E-state index contributed by atoms with van der Waals surface area (Å²) in [7, 11) is 3.57. The van der Waals surface area contributed by atoms with Gasteiger partial charge < -0.3 is 29.8 Å². The van der Waals surface area contributed by atoms with E-state index in [4.69, 9.17) is 32.0 Å². The van der Waals surface area contributed by atoms with Crippen molar-refractivity contribution in [2.24, 2.45) is 18.7 Å².